The van der Waals surface area contributed by atoms with E-state index >= 15 is 0 Å². The van der Waals surface area contributed by atoms with Gasteiger partial charge in [-0.05, 0) is 36.1 Å². The van der Waals surface area contributed by atoms with Gasteiger partial charge >= 0.3 is 0 Å². The standard InChI is InChI=1S/C14H13ClN4O/c15-13-12(4-2-6-17-13)18-19-14(20)11-7-10(11)9-3-1-5-16-8-9/h1-6,8,10-11,18H,7H2,(H,19,20)/t10-,11+/m0/s1. The normalized spacial score (nSPS) is 20.2. The number of anilines is 1. The van der Waals surface area contributed by atoms with Crippen LogP contribution < -0.4 is 10.9 Å². The summed E-state index contributed by atoms with van der Waals surface area (Å²) in [6.07, 6.45) is 5.98. The summed E-state index contributed by atoms with van der Waals surface area (Å²) in [6.45, 7) is 0. The first-order valence-corrected chi connectivity index (χ1v) is 6.70. The highest BCUT2D eigenvalue weighted by Crippen LogP contribution is 2.47. The molecule has 0 bridgehead atoms. The van der Waals surface area contributed by atoms with Crippen molar-refractivity contribution in [2.45, 2.75) is 12.3 Å². The van der Waals surface area contributed by atoms with E-state index in [1.165, 1.54) is 0 Å². The zero-order valence-electron chi connectivity index (χ0n) is 10.6. The van der Waals surface area contributed by atoms with E-state index in [1.807, 2.05) is 18.3 Å². The Morgan fingerprint density at radius 1 is 1.30 bits per heavy atom. The minimum absolute atomic E-state index is 0.0119. The molecule has 1 aliphatic rings. The van der Waals surface area contributed by atoms with Crippen LogP contribution in [-0.4, -0.2) is 15.9 Å². The van der Waals surface area contributed by atoms with E-state index in [2.05, 4.69) is 20.8 Å². The average molecular weight is 289 g/mol. The Hall–Kier alpha value is -2.14. The lowest BCUT2D eigenvalue weighted by Gasteiger charge is -2.09. The fourth-order valence-electron chi connectivity index (χ4n) is 2.15. The third-order valence-electron chi connectivity index (χ3n) is 3.32. The van der Waals surface area contributed by atoms with E-state index in [9.17, 15) is 4.79 Å². The molecule has 0 aliphatic heterocycles. The molecule has 20 heavy (non-hydrogen) atoms. The second-order valence-corrected chi connectivity index (χ2v) is 5.05. The monoisotopic (exact) mass is 288 g/mol. The van der Waals surface area contributed by atoms with Gasteiger partial charge in [0.05, 0.1) is 5.69 Å². The van der Waals surface area contributed by atoms with Crippen molar-refractivity contribution in [1.29, 1.82) is 0 Å². The molecule has 0 radical (unpaired) electrons. The summed E-state index contributed by atoms with van der Waals surface area (Å²) >= 11 is 5.89. The van der Waals surface area contributed by atoms with Gasteiger partial charge in [-0.25, -0.2) is 4.98 Å². The van der Waals surface area contributed by atoms with E-state index < -0.39 is 0 Å². The molecule has 2 N–H and O–H groups in total. The zero-order valence-corrected chi connectivity index (χ0v) is 11.3. The average Bonchev–Trinajstić information content (AvgIpc) is 3.28. The first kappa shape index (κ1) is 12.9. The molecule has 0 unspecified atom stereocenters. The number of carbonyl (C=O) groups is 1. The molecule has 3 rings (SSSR count). The maximum absolute atomic E-state index is 12.0. The largest absolute Gasteiger partial charge is 0.295 e. The Kier molecular flexibility index (Phi) is 3.52. The number of nitrogens with one attached hydrogen (secondary N) is 2. The van der Waals surface area contributed by atoms with Crippen LogP contribution in [0.3, 0.4) is 0 Å². The van der Waals surface area contributed by atoms with E-state index in [4.69, 9.17) is 11.6 Å². The predicted molar refractivity (Wildman–Crippen MR) is 76.1 cm³/mol. The number of amides is 1. The molecule has 2 atom stereocenters. The number of pyridine rings is 2. The highest BCUT2D eigenvalue weighted by atomic mass is 35.5. The number of hydrazine groups is 1. The number of nitrogens with zero attached hydrogens (tertiary/aromatic N) is 2. The van der Waals surface area contributed by atoms with Crippen LogP contribution in [-0.2, 0) is 4.79 Å². The van der Waals surface area contributed by atoms with Crippen LogP contribution in [0.1, 0.15) is 17.9 Å². The van der Waals surface area contributed by atoms with Gasteiger partial charge < -0.3 is 0 Å². The lowest BCUT2D eigenvalue weighted by atomic mass is 10.1. The first-order chi connectivity index (χ1) is 9.75. The Balaban J connectivity index is 1.56. The Bertz CT molecular complexity index is 620. The molecular formula is C14H13ClN4O. The molecular weight excluding hydrogens is 276 g/mol. The van der Waals surface area contributed by atoms with Crippen molar-refractivity contribution in [1.82, 2.24) is 15.4 Å². The second kappa shape index (κ2) is 5.46. The van der Waals surface area contributed by atoms with Gasteiger partial charge in [0.25, 0.3) is 0 Å². The van der Waals surface area contributed by atoms with Crippen LogP contribution in [0.2, 0.25) is 5.15 Å². The molecule has 102 valence electrons. The zero-order chi connectivity index (χ0) is 13.9. The molecule has 0 saturated heterocycles. The van der Waals surface area contributed by atoms with Crippen molar-refractivity contribution >= 4 is 23.2 Å². The smallest absolute Gasteiger partial charge is 0.242 e. The SMILES string of the molecule is O=C(NNc1cccnc1Cl)[C@@H]1C[C@H]1c1cccnc1. The van der Waals surface area contributed by atoms with Crippen molar-refractivity contribution < 1.29 is 4.79 Å². The van der Waals surface area contributed by atoms with Gasteiger partial charge in [-0.1, -0.05) is 17.7 Å². The quantitative estimate of drug-likeness (QED) is 0.669. The molecule has 1 saturated carbocycles. The van der Waals surface area contributed by atoms with E-state index in [0.717, 1.165) is 12.0 Å². The molecule has 5 nitrogen and oxygen atoms in total. The molecule has 1 amide bonds. The Morgan fingerprint density at radius 2 is 2.15 bits per heavy atom. The van der Waals surface area contributed by atoms with E-state index in [-0.39, 0.29) is 17.7 Å². The molecule has 2 heterocycles. The fraction of sp³-hybridized carbons (Fsp3) is 0.214. The molecule has 1 aliphatic carbocycles. The van der Waals surface area contributed by atoms with Crippen molar-refractivity contribution in [2.75, 3.05) is 5.43 Å². The number of aromatic nitrogens is 2. The molecule has 1 fully saturated rings. The van der Waals surface area contributed by atoms with Crippen LogP contribution in [0.5, 0.6) is 0 Å². The summed E-state index contributed by atoms with van der Waals surface area (Å²) in [5, 5.41) is 0.326. The highest BCUT2D eigenvalue weighted by molar-refractivity contribution is 6.31. The summed E-state index contributed by atoms with van der Waals surface area (Å²) in [5.41, 5.74) is 7.15. The number of carbonyl (C=O) groups excluding carboxylic acids is 1. The molecule has 0 spiro atoms. The van der Waals surface area contributed by atoms with Crippen molar-refractivity contribution in [3.63, 3.8) is 0 Å². The van der Waals surface area contributed by atoms with Crippen LogP contribution in [0.4, 0.5) is 5.69 Å². The summed E-state index contributed by atoms with van der Waals surface area (Å²) < 4.78 is 0. The topological polar surface area (TPSA) is 66.9 Å². The molecule has 2 aromatic heterocycles. The lowest BCUT2D eigenvalue weighted by Crippen LogP contribution is -2.31. The number of halogens is 1. The van der Waals surface area contributed by atoms with Crippen LogP contribution in [0, 0.1) is 5.92 Å². The Labute approximate surface area is 121 Å². The summed E-state index contributed by atoms with van der Waals surface area (Å²) in [7, 11) is 0. The van der Waals surface area contributed by atoms with Gasteiger partial charge in [0, 0.05) is 24.5 Å². The number of hydrogen-bond acceptors (Lipinski definition) is 4. The maximum Gasteiger partial charge on any atom is 0.242 e. The lowest BCUT2D eigenvalue weighted by molar-refractivity contribution is -0.121. The van der Waals surface area contributed by atoms with Gasteiger partial charge in [0.1, 0.15) is 0 Å². The maximum atomic E-state index is 12.0. The van der Waals surface area contributed by atoms with Gasteiger partial charge in [-0.3, -0.25) is 20.6 Å². The van der Waals surface area contributed by atoms with E-state index in [0.29, 0.717) is 10.8 Å². The first-order valence-electron chi connectivity index (χ1n) is 6.32. The highest BCUT2D eigenvalue weighted by Gasteiger charge is 2.44. The molecule has 6 heteroatoms. The minimum Gasteiger partial charge on any atom is -0.295 e. The minimum atomic E-state index is -0.0428. The van der Waals surface area contributed by atoms with Gasteiger partial charge in [-0.15, -0.1) is 0 Å². The van der Waals surface area contributed by atoms with Gasteiger partial charge in [-0.2, -0.15) is 0 Å². The third kappa shape index (κ3) is 2.72. The van der Waals surface area contributed by atoms with Crippen molar-refractivity contribution in [2.24, 2.45) is 5.92 Å². The fourth-order valence-corrected chi connectivity index (χ4v) is 2.32. The summed E-state index contributed by atoms with van der Waals surface area (Å²) in [6, 6.07) is 7.38. The van der Waals surface area contributed by atoms with Crippen molar-refractivity contribution in [3.8, 4) is 0 Å². The molecule has 0 aromatic carbocycles. The summed E-state index contributed by atoms with van der Waals surface area (Å²) in [5.74, 6) is 0.204. The molecule has 2 aromatic rings. The second-order valence-electron chi connectivity index (χ2n) is 4.69. The van der Waals surface area contributed by atoms with Gasteiger partial charge in [0.2, 0.25) is 5.91 Å². The van der Waals surface area contributed by atoms with E-state index in [1.54, 1.807) is 24.5 Å². The predicted octanol–water partition coefficient (Wildman–Crippen LogP) is 2.38. The third-order valence-corrected chi connectivity index (χ3v) is 3.62. The van der Waals surface area contributed by atoms with Crippen LogP contribution in [0.15, 0.2) is 42.9 Å². The van der Waals surface area contributed by atoms with Crippen LogP contribution in [0.25, 0.3) is 0 Å². The number of hydrogen-bond donors (Lipinski definition) is 2. The summed E-state index contributed by atoms with van der Waals surface area (Å²) in [4.78, 5) is 20.0. The van der Waals surface area contributed by atoms with Gasteiger partial charge in [0.15, 0.2) is 5.15 Å². The van der Waals surface area contributed by atoms with Crippen LogP contribution >= 0.6 is 11.6 Å². The van der Waals surface area contributed by atoms with Crippen molar-refractivity contribution in [3.05, 3.63) is 53.6 Å². The Morgan fingerprint density at radius 3 is 2.90 bits per heavy atom. The number of rotatable bonds is 4.